The lowest BCUT2D eigenvalue weighted by molar-refractivity contribution is -0.139. The molecule has 0 radical (unpaired) electrons. The molecule has 1 unspecified atom stereocenters. The highest BCUT2D eigenvalue weighted by Crippen LogP contribution is 2.32. The van der Waals surface area contributed by atoms with E-state index in [1.54, 1.807) is 36.6 Å². The summed E-state index contributed by atoms with van der Waals surface area (Å²) in [5.74, 6) is 0.581. The number of nitrogens with zero attached hydrogens (tertiary/aromatic N) is 2. The Balaban J connectivity index is 1.86. The van der Waals surface area contributed by atoms with E-state index in [1.165, 1.54) is 17.4 Å². The van der Waals surface area contributed by atoms with Crippen LogP contribution in [0.15, 0.2) is 63.5 Å². The van der Waals surface area contributed by atoms with Crippen molar-refractivity contribution in [1.82, 2.24) is 4.57 Å². The molecule has 1 aliphatic heterocycles. The number of fused-ring (bicyclic) bond motifs is 1. The number of allylic oxidation sites excluding steroid dienone is 1. The molecule has 9 heteroatoms. The summed E-state index contributed by atoms with van der Waals surface area (Å²) in [6, 6.07) is 11.6. The molecule has 0 bridgehead atoms. The van der Waals surface area contributed by atoms with Crippen LogP contribution in [0.1, 0.15) is 51.3 Å². The minimum absolute atomic E-state index is 0.0292. The molecule has 8 nitrogen and oxygen atoms in total. The molecule has 37 heavy (non-hydrogen) atoms. The number of carbonyl (C=O) groups is 1. The Hall–Kier alpha value is -3.85. The molecule has 2 heterocycles. The van der Waals surface area contributed by atoms with E-state index in [-0.39, 0.29) is 17.9 Å². The fraction of sp³-hybridized carbons (Fsp3) is 0.321. The number of esters is 1. The molecule has 1 N–H and O–H groups in total. The molecule has 0 aliphatic carbocycles. The molecule has 0 spiro atoms. The minimum Gasteiger partial charge on any atom is -0.504 e. The van der Waals surface area contributed by atoms with Crippen LogP contribution in [0.5, 0.6) is 17.2 Å². The lowest BCUT2D eigenvalue weighted by Gasteiger charge is -2.24. The van der Waals surface area contributed by atoms with Gasteiger partial charge in [0.1, 0.15) is 5.75 Å². The standard InChI is InChI=1S/C28H30N2O6S/c1-5-14-36-20-11-9-19(10-12-20)25-24(27(33)35-7-3)17(4)29-28-30(25)26(32)23(37-28)16-18-8-13-21(31)22(15-18)34-6-2/h8-13,15-16,25,31H,5-7,14H2,1-4H3. The van der Waals surface area contributed by atoms with Crippen LogP contribution in [-0.2, 0) is 9.53 Å². The highest BCUT2D eigenvalue weighted by atomic mass is 32.1. The quantitative estimate of drug-likeness (QED) is 0.431. The van der Waals surface area contributed by atoms with Gasteiger partial charge in [-0.2, -0.15) is 0 Å². The lowest BCUT2D eigenvalue weighted by atomic mass is 9.96. The smallest absolute Gasteiger partial charge is 0.338 e. The van der Waals surface area contributed by atoms with Crippen molar-refractivity contribution in [2.24, 2.45) is 4.99 Å². The molecule has 4 rings (SSSR count). The topological polar surface area (TPSA) is 99.4 Å². The summed E-state index contributed by atoms with van der Waals surface area (Å²) >= 11 is 1.24. The molecule has 0 amide bonds. The number of thiazole rings is 1. The number of aromatic hydroxyl groups is 1. The first-order chi connectivity index (χ1) is 17.9. The third-order valence-corrected chi connectivity index (χ3v) is 6.75. The fourth-order valence-corrected chi connectivity index (χ4v) is 5.16. The van der Waals surface area contributed by atoms with Crippen molar-refractivity contribution in [1.29, 1.82) is 0 Å². The van der Waals surface area contributed by atoms with Crippen LogP contribution in [0.3, 0.4) is 0 Å². The second kappa shape index (κ2) is 11.5. The normalized spacial score (nSPS) is 15.2. The van der Waals surface area contributed by atoms with Crippen molar-refractivity contribution < 1.29 is 24.1 Å². The van der Waals surface area contributed by atoms with E-state index >= 15 is 0 Å². The summed E-state index contributed by atoms with van der Waals surface area (Å²) in [5.41, 5.74) is 2.00. The molecule has 0 saturated heterocycles. The van der Waals surface area contributed by atoms with Crippen LogP contribution in [0, 0.1) is 0 Å². The van der Waals surface area contributed by atoms with Gasteiger partial charge in [-0.15, -0.1) is 0 Å². The summed E-state index contributed by atoms with van der Waals surface area (Å²) in [5, 5.41) is 10.0. The molecule has 0 saturated carbocycles. The maximum Gasteiger partial charge on any atom is 0.338 e. The van der Waals surface area contributed by atoms with Gasteiger partial charge in [0, 0.05) is 0 Å². The van der Waals surface area contributed by atoms with Crippen molar-refractivity contribution in [2.75, 3.05) is 19.8 Å². The zero-order valence-corrected chi connectivity index (χ0v) is 22.1. The molecule has 2 aromatic carbocycles. The Morgan fingerprint density at radius 3 is 2.54 bits per heavy atom. The summed E-state index contributed by atoms with van der Waals surface area (Å²) in [6.07, 6.45) is 2.62. The lowest BCUT2D eigenvalue weighted by Crippen LogP contribution is -2.39. The number of hydrogen-bond donors (Lipinski definition) is 1. The Kier molecular flexibility index (Phi) is 8.13. The van der Waals surface area contributed by atoms with E-state index in [0.717, 1.165) is 12.0 Å². The number of ether oxygens (including phenoxy) is 3. The number of aromatic nitrogens is 1. The number of hydrogen-bond acceptors (Lipinski definition) is 8. The summed E-state index contributed by atoms with van der Waals surface area (Å²) in [6.45, 7) is 8.57. The van der Waals surface area contributed by atoms with Crippen LogP contribution < -0.4 is 24.4 Å². The van der Waals surface area contributed by atoms with Gasteiger partial charge in [-0.1, -0.05) is 36.5 Å². The molecule has 194 valence electrons. The van der Waals surface area contributed by atoms with Crippen molar-refractivity contribution in [3.05, 3.63) is 84.5 Å². The predicted octanol–water partition coefficient (Wildman–Crippen LogP) is 3.69. The van der Waals surface area contributed by atoms with Crippen LogP contribution in [0.25, 0.3) is 6.08 Å². The van der Waals surface area contributed by atoms with E-state index in [9.17, 15) is 14.7 Å². The van der Waals surface area contributed by atoms with E-state index in [2.05, 4.69) is 4.99 Å². The highest BCUT2D eigenvalue weighted by molar-refractivity contribution is 7.07. The van der Waals surface area contributed by atoms with Crippen molar-refractivity contribution >= 4 is 23.4 Å². The molecular formula is C28H30N2O6S. The number of rotatable bonds is 9. The summed E-state index contributed by atoms with van der Waals surface area (Å²) in [7, 11) is 0. The fourth-order valence-electron chi connectivity index (χ4n) is 4.12. The van der Waals surface area contributed by atoms with E-state index in [4.69, 9.17) is 14.2 Å². The molecule has 3 aromatic rings. The summed E-state index contributed by atoms with van der Waals surface area (Å²) in [4.78, 5) is 31.8. The molecule has 0 fully saturated rings. The number of phenolic OH excluding ortho intramolecular Hbond substituents is 1. The predicted molar refractivity (Wildman–Crippen MR) is 142 cm³/mol. The van der Waals surface area contributed by atoms with Gasteiger partial charge in [-0.25, -0.2) is 9.79 Å². The maximum absolute atomic E-state index is 13.7. The van der Waals surface area contributed by atoms with Crippen molar-refractivity contribution in [3.8, 4) is 17.2 Å². The Bertz CT molecular complexity index is 1500. The summed E-state index contributed by atoms with van der Waals surface area (Å²) < 4.78 is 18.5. The molecule has 1 aliphatic rings. The molecular weight excluding hydrogens is 492 g/mol. The average Bonchev–Trinajstić information content (AvgIpc) is 3.18. The van der Waals surface area contributed by atoms with Gasteiger partial charge in [0.05, 0.1) is 41.7 Å². The van der Waals surface area contributed by atoms with Gasteiger partial charge in [-0.05, 0) is 68.7 Å². The van der Waals surface area contributed by atoms with Crippen molar-refractivity contribution in [2.45, 2.75) is 40.2 Å². The van der Waals surface area contributed by atoms with Gasteiger partial charge in [0.2, 0.25) is 0 Å². The zero-order valence-electron chi connectivity index (χ0n) is 21.3. The third-order valence-electron chi connectivity index (χ3n) is 5.77. The van der Waals surface area contributed by atoms with Gasteiger partial charge in [0.25, 0.3) is 5.56 Å². The molecule has 1 atom stereocenters. The van der Waals surface area contributed by atoms with E-state index in [0.29, 0.717) is 50.9 Å². The second-order valence-electron chi connectivity index (χ2n) is 8.38. The van der Waals surface area contributed by atoms with Gasteiger partial charge in [-0.3, -0.25) is 9.36 Å². The van der Waals surface area contributed by atoms with Crippen LogP contribution in [-0.4, -0.2) is 35.5 Å². The first-order valence-corrected chi connectivity index (χ1v) is 13.1. The number of benzene rings is 2. The first kappa shape index (κ1) is 26.2. The first-order valence-electron chi connectivity index (χ1n) is 12.3. The van der Waals surface area contributed by atoms with Crippen LogP contribution in [0.4, 0.5) is 0 Å². The number of phenols is 1. The van der Waals surface area contributed by atoms with Gasteiger partial charge >= 0.3 is 5.97 Å². The SMILES string of the molecule is CCCOc1ccc(C2C(C(=O)OCC)=C(C)N=c3sc(=Cc4ccc(O)c(OCC)c4)c(=O)n32)cc1. The Morgan fingerprint density at radius 1 is 1.11 bits per heavy atom. The average molecular weight is 523 g/mol. The Morgan fingerprint density at radius 2 is 1.86 bits per heavy atom. The third kappa shape index (κ3) is 5.46. The van der Waals surface area contributed by atoms with Gasteiger partial charge in [0.15, 0.2) is 16.3 Å². The Labute approximate surface area is 218 Å². The number of carbonyl (C=O) groups excluding carboxylic acids is 1. The van der Waals surface area contributed by atoms with E-state index < -0.39 is 12.0 Å². The molecule has 1 aromatic heterocycles. The van der Waals surface area contributed by atoms with Crippen molar-refractivity contribution in [3.63, 3.8) is 0 Å². The minimum atomic E-state index is -0.698. The van der Waals surface area contributed by atoms with Gasteiger partial charge < -0.3 is 19.3 Å². The second-order valence-corrected chi connectivity index (χ2v) is 9.39. The highest BCUT2D eigenvalue weighted by Gasteiger charge is 2.33. The van der Waals surface area contributed by atoms with Crippen LogP contribution >= 0.6 is 11.3 Å². The largest absolute Gasteiger partial charge is 0.504 e. The zero-order chi connectivity index (χ0) is 26.5. The van der Waals surface area contributed by atoms with E-state index in [1.807, 2.05) is 38.1 Å². The maximum atomic E-state index is 13.7. The monoisotopic (exact) mass is 522 g/mol. The van der Waals surface area contributed by atoms with Crippen LogP contribution in [0.2, 0.25) is 0 Å².